The number of halogens is 4. The van der Waals surface area contributed by atoms with Crippen LogP contribution in [-0.4, -0.2) is 8.42 Å². The molecule has 0 unspecified atom stereocenters. The van der Waals surface area contributed by atoms with Gasteiger partial charge in [-0.25, -0.2) is 26.0 Å². The van der Waals surface area contributed by atoms with Gasteiger partial charge in [-0.1, -0.05) is 12.1 Å². The summed E-state index contributed by atoms with van der Waals surface area (Å²) in [7, 11) is -4.71. The highest BCUT2D eigenvalue weighted by Crippen LogP contribution is 2.29. The minimum Gasteiger partial charge on any atom is -0.218 e. The van der Waals surface area contributed by atoms with E-state index in [2.05, 4.69) is 0 Å². The number of benzene rings is 2. The first-order valence-electron chi connectivity index (χ1n) is 5.82. The summed E-state index contributed by atoms with van der Waals surface area (Å²) in [4.78, 5) is -2.07. The van der Waals surface area contributed by atoms with Crippen LogP contribution in [0.4, 0.5) is 17.6 Å². The van der Waals surface area contributed by atoms with Gasteiger partial charge in [-0.3, -0.25) is 0 Å². The molecule has 0 radical (unpaired) electrons. The topological polar surface area (TPSA) is 34.1 Å². The van der Waals surface area contributed by atoms with Crippen molar-refractivity contribution in [2.75, 3.05) is 0 Å². The molecule has 0 bridgehead atoms. The van der Waals surface area contributed by atoms with Crippen LogP contribution < -0.4 is 0 Å². The van der Waals surface area contributed by atoms with Crippen LogP contribution in [0.2, 0.25) is 0 Å². The molecule has 2 aromatic rings. The normalized spacial score (nSPS) is 11.7. The van der Waals surface area contributed by atoms with E-state index in [0.29, 0.717) is 0 Å². The van der Waals surface area contributed by atoms with E-state index < -0.39 is 42.9 Å². The summed E-state index contributed by atoms with van der Waals surface area (Å²) in [6.07, 6.45) is 0. The van der Waals surface area contributed by atoms with Crippen LogP contribution in [0, 0.1) is 37.1 Å². The highest BCUT2D eigenvalue weighted by molar-refractivity contribution is 7.91. The van der Waals surface area contributed by atoms with Gasteiger partial charge in [-0.15, -0.1) is 0 Å². The summed E-state index contributed by atoms with van der Waals surface area (Å²) in [5.74, 6) is -5.92. The fourth-order valence-corrected chi connectivity index (χ4v) is 3.17. The average molecular weight is 318 g/mol. The first-order chi connectivity index (χ1) is 9.67. The fraction of sp³-hybridized carbons (Fsp3) is 0.143. The van der Waals surface area contributed by atoms with Gasteiger partial charge < -0.3 is 0 Å². The molecule has 0 spiro atoms. The summed E-state index contributed by atoms with van der Waals surface area (Å²) in [5.41, 5.74) is -0.191. The third-order valence-corrected chi connectivity index (χ3v) is 4.85. The van der Waals surface area contributed by atoms with E-state index in [0.717, 1.165) is 24.3 Å². The van der Waals surface area contributed by atoms with E-state index in [1.807, 2.05) is 0 Å². The summed E-state index contributed by atoms with van der Waals surface area (Å²) in [6, 6.07) is 3.74. The van der Waals surface area contributed by atoms with Gasteiger partial charge in [-0.2, -0.15) is 0 Å². The molecule has 2 nitrogen and oxygen atoms in total. The van der Waals surface area contributed by atoms with Crippen LogP contribution in [-0.2, 0) is 9.84 Å². The molecular formula is C14H10F4O2S. The smallest absolute Gasteiger partial charge is 0.212 e. The molecule has 0 saturated heterocycles. The molecule has 0 N–H and O–H groups in total. The predicted molar refractivity (Wildman–Crippen MR) is 67.6 cm³/mol. The molecule has 0 saturated carbocycles. The SMILES string of the molecule is Cc1ccc(S(=O)(=O)c2ccc(C)c(F)c2F)c(F)c1F. The molecule has 0 aliphatic rings. The Morgan fingerprint density at radius 1 is 0.667 bits per heavy atom. The van der Waals surface area contributed by atoms with Crippen molar-refractivity contribution in [3.05, 3.63) is 58.7 Å². The second-order valence-corrected chi connectivity index (χ2v) is 6.41. The molecule has 2 aromatic carbocycles. The van der Waals surface area contributed by atoms with E-state index >= 15 is 0 Å². The lowest BCUT2D eigenvalue weighted by Crippen LogP contribution is -2.10. The Hall–Kier alpha value is -1.89. The van der Waals surface area contributed by atoms with Crippen LogP contribution in [0.5, 0.6) is 0 Å². The van der Waals surface area contributed by atoms with Crippen LogP contribution in [0.25, 0.3) is 0 Å². The molecule has 0 atom stereocenters. The van der Waals surface area contributed by atoms with Crippen LogP contribution in [0.15, 0.2) is 34.1 Å². The standard InChI is InChI=1S/C14H10F4O2S/c1-7-3-5-9(13(17)11(7)15)21(19,20)10-6-4-8(2)12(16)14(10)18/h3-6H,1-2H3. The van der Waals surface area contributed by atoms with Gasteiger partial charge in [0.15, 0.2) is 23.3 Å². The molecule has 0 aliphatic heterocycles. The van der Waals surface area contributed by atoms with Gasteiger partial charge >= 0.3 is 0 Å². The summed E-state index contributed by atoms with van der Waals surface area (Å²) < 4.78 is 78.9. The second-order valence-electron chi connectivity index (χ2n) is 4.52. The van der Waals surface area contributed by atoms with Crippen LogP contribution in [0.1, 0.15) is 11.1 Å². The Balaban J connectivity index is 2.75. The highest BCUT2D eigenvalue weighted by Gasteiger charge is 2.29. The Morgan fingerprint density at radius 3 is 1.33 bits per heavy atom. The zero-order valence-electron chi connectivity index (χ0n) is 11.0. The third kappa shape index (κ3) is 2.42. The molecule has 0 fully saturated rings. The van der Waals surface area contributed by atoms with Gasteiger partial charge in [0, 0.05) is 0 Å². The molecule has 0 amide bonds. The lowest BCUT2D eigenvalue weighted by Gasteiger charge is -2.10. The highest BCUT2D eigenvalue weighted by atomic mass is 32.2. The number of hydrogen-bond donors (Lipinski definition) is 0. The largest absolute Gasteiger partial charge is 0.218 e. The first kappa shape index (κ1) is 15.5. The number of sulfone groups is 1. The quantitative estimate of drug-likeness (QED) is 0.791. The maximum absolute atomic E-state index is 13.8. The summed E-state index contributed by atoms with van der Waals surface area (Å²) in [6.45, 7) is 2.50. The average Bonchev–Trinajstić information content (AvgIpc) is 2.41. The Kier molecular flexibility index (Phi) is 3.79. The lowest BCUT2D eigenvalue weighted by atomic mass is 10.2. The molecule has 21 heavy (non-hydrogen) atoms. The van der Waals surface area contributed by atoms with Crippen molar-refractivity contribution in [1.29, 1.82) is 0 Å². The van der Waals surface area contributed by atoms with Gasteiger partial charge in [-0.05, 0) is 37.1 Å². The Bertz CT molecular complexity index is 766. The maximum atomic E-state index is 13.8. The second kappa shape index (κ2) is 5.14. The zero-order valence-corrected chi connectivity index (χ0v) is 11.9. The molecule has 2 rings (SSSR count). The predicted octanol–water partition coefficient (Wildman–Crippen LogP) is 3.69. The molecule has 0 heterocycles. The van der Waals surface area contributed by atoms with Crippen molar-refractivity contribution in [2.24, 2.45) is 0 Å². The van der Waals surface area contributed by atoms with Crippen molar-refractivity contribution >= 4 is 9.84 Å². The first-order valence-corrected chi connectivity index (χ1v) is 7.30. The van der Waals surface area contributed by atoms with E-state index in [1.165, 1.54) is 13.8 Å². The third-order valence-electron chi connectivity index (χ3n) is 3.06. The van der Waals surface area contributed by atoms with Gasteiger partial charge in [0.25, 0.3) is 0 Å². The van der Waals surface area contributed by atoms with E-state index in [-0.39, 0.29) is 11.1 Å². The minimum atomic E-state index is -4.71. The maximum Gasteiger partial charge on any atom is 0.212 e. The number of aryl methyl sites for hydroxylation is 2. The minimum absolute atomic E-state index is 0.0954. The van der Waals surface area contributed by atoms with E-state index in [1.54, 1.807) is 0 Å². The Morgan fingerprint density at radius 2 is 1.00 bits per heavy atom. The Labute approximate surface area is 119 Å². The van der Waals surface area contributed by atoms with Crippen molar-refractivity contribution in [1.82, 2.24) is 0 Å². The molecular weight excluding hydrogens is 308 g/mol. The molecule has 0 aromatic heterocycles. The van der Waals surface area contributed by atoms with Gasteiger partial charge in [0.1, 0.15) is 9.79 Å². The molecule has 112 valence electrons. The summed E-state index contributed by atoms with van der Waals surface area (Å²) >= 11 is 0. The van der Waals surface area contributed by atoms with Crippen molar-refractivity contribution in [3.8, 4) is 0 Å². The summed E-state index contributed by atoms with van der Waals surface area (Å²) in [5, 5.41) is 0. The van der Waals surface area contributed by atoms with Crippen molar-refractivity contribution in [2.45, 2.75) is 23.6 Å². The van der Waals surface area contributed by atoms with Crippen LogP contribution >= 0.6 is 0 Å². The van der Waals surface area contributed by atoms with Crippen molar-refractivity contribution < 1.29 is 26.0 Å². The van der Waals surface area contributed by atoms with Gasteiger partial charge in [0.05, 0.1) is 0 Å². The molecule has 7 heteroatoms. The van der Waals surface area contributed by atoms with Crippen molar-refractivity contribution in [3.63, 3.8) is 0 Å². The fourth-order valence-electron chi connectivity index (χ4n) is 1.79. The monoisotopic (exact) mass is 318 g/mol. The van der Waals surface area contributed by atoms with E-state index in [9.17, 15) is 26.0 Å². The zero-order chi connectivity index (χ0) is 15.9. The molecule has 0 aliphatic carbocycles. The van der Waals surface area contributed by atoms with Gasteiger partial charge in [0.2, 0.25) is 9.84 Å². The number of hydrogen-bond acceptors (Lipinski definition) is 2. The lowest BCUT2D eigenvalue weighted by molar-refractivity contribution is 0.470. The van der Waals surface area contributed by atoms with E-state index in [4.69, 9.17) is 0 Å². The number of rotatable bonds is 2. The van der Waals surface area contributed by atoms with Crippen LogP contribution in [0.3, 0.4) is 0 Å².